The lowest BCUT2D eigenvalue weighted by atomic mass is 9.94. The first-order valence-electron chi connectivity index (χ1n) is 11.1. The van der Waals surface area contributed by atoms with Gasteiger partial charge in [-0.2, -0.15) is 13.2 Å². The summed E-state index contributed by atoms with van der Waals surface area (Å²) in [6.45, 7) is 1.13. The second-order valence-corrected chi connectivity index (χ2v) is 9.06. The van der Waals surface area contributed by atoms with Crippen molar-refractivity contribution < 1.29 is 31.9 Å². The molecule has 0 fully saturated rings. The van der Waals surface area contributed by atoms with Crippen LogP contribution >= 0.6 is 23.2 Å². The molecule has 0 saturated carbocycles. The first-order chi connectivity index (χ1) is 17.9. The molecule has 11 heteroatoms. The zero-order valence-electron chi connectivity index (χ0n) is 19.6. The molecule has 1 N–H and O–H groups in total. The SMILES string of the molecule is CC(=O)OCc1cc2c(-c3ccccc3)c(CC(=O)Nc3ccc(C(F)(F)F)cc3Cl)c(=O)oc2cc1Cl. The molecule has 196 valence electrons. The maximum Gasteiger partial charge on any atom is 0.416 e. The summed E-state index contributed by atoms with van der Waals surface area (Å²) in [6, 6.07) is 14.3. The number of hydrogen-bond acceptors (Lipinski definition) is 5. The average Bonchev–Trinajstić information content (AvgIpc) is 2.84. The first kappa shape index (κ1) is 27.2. The van der Waals surface area contributed by atoms with Crippen LogP contribution in [0.15, 0.2) is 69.9 Å². The summed E-state index contributed by atoms with van der Waals surface area (Å²) in [5.74, 6) is -1.21. The molecule has 0 aliphatic heterocycles. The molecule has 1 aromatic heterocycles. The number of anilines is 1. The predicted molar refractivity (Wildman–Crippen MR) is 137 cm³/mol. The number of rotatable bonds is 6. The van der Waals surface area contributed by atoms with Gasteiger partial charge in [-0.25, -0.2) is 4.79 Å². The van der Waals surface area contributed by atoms with Crippen LogP contribution in [0.25, 0.3) is 22.1 Å². The van der Waals surface area contributed by atoms with Crippen LogP contribution in [-0.4, -0.2) is 11.9 Å². The van der Waals surface area contributed by atoms with Crippen molar-refractivity contribution in [3.05, 3.63) is 97.8 Å². The molecule has 0 spiro atoms. The van der Waals surface area contributed by atoms with E-state index in [9.17, 15) is 27.6 Å². The van der Waals surface area contributed by atoms with Crippen molar-refractivity contribution in [2.45, 2.75) is 26.1 Å². The van der Waals surface area contributed by atoms with Gasteiger partial charge in [-0.1, -0.05) is 53.5 Å². The van der Waals surface area contributed by atoms with Crippen molar-refractivity contribution in [3.63, 3.8) is 0 Å². The van der Waals surface area contributed by atoms with Crippen LogP contribution < -0.4 is 10.9 Å². The molecule has 0 radical (unpaired) electrons. The lowest BCUT2D eigenvalue weighted by Gasteiger charge is -2.15. The maximum atomic E-state index is 13.0. The number of fused-ring (bicyclic) bond motifs is 1. The van der Waals surface area contributed by atoms with Gasteiger partial charge >= 0.3 is 17.8 Å². The normalized spacial score (nSPS) is 11.4. The summed E-state index contributed by atoms with van der Waals surface area (Å²) in [5, 5.41) is 2.79. The Hall–Kier alpha value is -3.82. The standard InChI is InChI=1S/C27H18Cl2F3NO5/c1-14(34)37-13-16-9-18-23(12-20(16)28)38-26(36)19(25(18)15-5-3-2-4-6-15)11-24(35)33-22-8-7-17(10-21(22)29)27(30,31)32/h2-10,12H,11,13H2,1H3,(H,33,35). The van der Waals surface area contributed by atoms with Gasteiger partial charge in [-0.15, -0.1) is 0 Å². The highest BCUT2D eigenvalue weighted by Crippen LogP contribution is 2.36. The monoisotopic (exact) mass is 563 g/mol. The molecule has 3 aromatic carbocycles. The second kappa shape index (κ2) is 10.9. The van der Waals surface area contributed by atoms with Crippen molar-refractivity contribution in [2.24, 2.45) is 0 Å². The smallest absolute Gasteiger partial charge is 0.416 e. The fourth-order valence-electron chi connectivity index (χ4n) is 3.84. The maximum absolute atomic E-state index is 13.0. The van der Waals surface area contributed by atoms with Gasteiger partial charge in [0, 0.05) is 29.5 Å². The third-order valence-electron chi connectivity index (χ3n) is 5.57. The molecule has 4 rings (SSSR count). The molecule has 0 aliphatic rings. The van der Waals surface area contributed by atoms with E-state index in [-0.39, 0.29) is 33.5 Å². The number of carbonyl (C=O) groups is 2. The van der Waals surface area contributed by atoms with Gasteiger partial charge in [0.05, 0.1) is 33.3 Å². The van der Waals surface area contributed by atoms with E-state index in [1.807, 2.05) is 0 Å². The molecule has 6 nitrogen and oxygen atoms in total. The molecule has 0 unspecified atom stereocenters. The highest BCUT2D eigenvalue weighted by Gasteiger charge is 2.31. The zero-order chi connectivity index (χ0) is 27.6. The number of nitrogens with one attached hydrogen (secondary N) is 1. The van der Waals surface area contributed by atoms with E-state index in [0.29, 0.717) is 28.1 Å². The van der Waals surface area contributed by atoms with E-state index < -0.39 is 35.7 Å². The highest BCUT2D eigenvalue weighted by molar-refractivity contribution is 6.34. The summed E-state index contributed by atoms with van der Waals surface area (Å²) in [4.78, 5) is 37.3. The van der Waals surface area contributed by atoms with E-state index in [0.717, 1.165) is 12.1 Å². The number of halogens is 5. The minimum absolute atomic E-state index is 0.00462. The molecule has 0 aliphatic carbocycles. The van der Waals surface area contributed by atoms with Gasteiger partial charge in [0.25, 0.3) is 0 Å². The van der Waals surface area contributed by atoms with Gasteiger partial charge in [0.2, 0.25) is 5.91 Å². The van der Waals surface area contributed by atoms with Gasteiger partial charge in [0.15, 0.2) is 0 Å². The average molecular weight is 564 g/mol. The molecule has 0 atom stereocenters. The van der Waals surface area contributed by atoms with E-state index in [2.05, 4.69) is 5.32 Å². The highest BCUT2D eigenvalue weighted by atomic mass is 35.5. The Morgan fingerprint density at radius 1 is 1.00 bits per heavy atom. The fraction of sp³-hybridized carbons (Fsp3) is 0.148. The number of benzene rings is 3. The van der Waals surface area contributed by atoms with Crippen LogP contribution in [-0.2, 0) is 33.5 Å². The Morgan fingerprint density at radius 2 is 1.71 bits per heavy atom. The number of carbonyl (C=O) groups excluding carboxylic acids is 2. The number of alkyl halides is 3. The molecule has 1 amide bonds. The number of esters is 1. The van der Waals surface area contributed by atoms with Gasteiger partial charge in [0.1, 0.15) is 12.2 Å². The quantitative estimate of drug-likeness (QED) is 0.201. The minimum atomic E-state index is -4.60. The topological polar surface area (TPSA) is 85.6 Å². The van der Waals surface area contributed by atoms with Crippen molar-refractivity contribution in [3.8, 4) is 11.1 Å². The Labute approximate surface area is 223 Å². The summed E-state index contributed by atoms with van der Waals surface area (Å²) in [6.07, 6.45) is -5.07. The molecular weight excluding hydrogens is 546 g/mol. The molecule has 0 bridgehead atoms. The third kappa shape index (κ3) is 6.00. The van der Waals surface area contributed by atoms with E-state index in [1.165, 1.54) is 13.0 Å². The Morgan fingerprint density at radius 3 is 2.34 bits per heavy atom. The van der Waals surface area contributed by atoms with Crippen LogP contribution in [0.5, 0.6) is 0 Å². The van der Waals surface area contributed by atoms with Crippen molar-refractivity contribution in [1.82, 2.24) is 0 Å². The summed E-state index contributed by atoms with van der Waals surface area (Å²) in [5.41, 5.74) is -0.212. The van der Waals surface area contributed by atoms with Gasteiger partial charge in [-0.05, 0) is 29.8 Å². The Kier molecular flexibility index (Phi) is 7.80. The molecular formula is C27H18Cl2F3NO5. The number of amides is 1. The molecule has 4 aromatic rings. The van der Waals surface area contributed by atoms with Gasteiger partial charge in [-0.3, -0.25) is 9.59 Å². The van der Waals surface area contributed by atoms with Crippen molar-refractivity contribution >= 4 is 51.7 Å². The van der Waals surface area contributed by atoms with Crippen LogP contribution in [0.1, 0.15) is 23.6 Å². The minimum Gasteiger partial charge on any atom is -0.461 e. The largest absolute Gasteiger partial charge is 0.461 e. The molecule has 38 heavy (non-hydrogen) atoms. The van der Waals surface area contributed by atoms with Crippen LogP contribution in [0.4, 0.5) is 18.9 Å². The van der Waals surface area contributed by atoms with E-state index >= 15 is 0 Å². The lowest BCUT2D eigenvalue weighted by Crippen LogP contribution is -2.21. The second-order valence-electron chi connectivity index (χ2n) is 8.25. The molecule has 1 heterocycles. The number of ether oxygens (including phenoxy) is 1. The summed E-state index contributed by atoms with van der Waals surface area (Å²) in [7, 11) is 0. The summed E-state index contributed by atoms with van der Waals surface area (Å²) < 4.78 is 49.4. The zero-order valence-corrected chi connectivity index (χ0v) is 21.1. The lowest BCUT2D eigenvalue weighted by molar-refractivity contribution is -0.142. The number of hydrogen-bond donors (Lipinski definition) is 1. The van der Waals surface area contributed by atoms with Crippen molar-refractivity contribution in [2.75, 3.05) is 5.32 Å². The van der Waals surface area contributed by atoms with E-state index in [1.54, 1.807) is 36.4 Å². The van der Waals surface area contributed by atoms with Crippen molar-refractivity contribution in [1.29, 1.82) is 0 Å². The first-order valence-corrected chi connectivity index (χ1v) is 11.8. The predicted octanol–water partition coefficient (Wildman–Crippen LogP) is 7.03. The van der Waals surface area contributed by atoms with Crippen LogP contribution in [0.3, 0.4) is 0 Å². The van der Waals surface area contributed by atoms with E-state index in [4.69, 9.17) is 32.4 Å². The Bertz CT molecular complexity index is 1600. The third-order valence-corrected chi connectivity index (χ3v) is 6.23. The fourth-order valence-corrected chi connectivity index (χ4v) is 4.27. The Balaban J connectivity index is 1.78. The van der Waals surface area contributed by atoms with Gasteiger partial charge < -0.3 is 14.5 Å². The summed E-state index contributed by atoms with van der Waals surface area (Å²) >= 11 is 12.3. The molecule has 0 saturated heterocycles. The van der Waals surface area contributed by atoms with Crippen LogP contribution in [0, 0.1) is 0 Å². The van der Waals surface area contributed by atoms with Crippen LogP contribution in [0.2, 0.25) is 10.0 Å².